The van der Waals surface area contributed by atoms with E-state index in [1.807, 2.05) is 30.3 Å². The van der Waals surface area contributed by atoms with Crippen molar-refractivity contribution < 1.29 is 4.79 Å². The molecule has 0 aliphatic rings. The second-order valence-corrected chi connectivity index (χ2v) is 4.33. The summed E-state index contributed by atoms with van der Waals surface area (Å²) in [5, 5.41) is 0. The Morgan fingerprint density at radius 2 is 1.71 bits per heavy atom. The number of carbonyl (C=O) groups excluding carboxylic acids is 1. The van der Waals surface area contributed by atoms with Gasteiger partial charge in [0.05, 0.1) is 0 Å². The van der Waals surface area contributed by atoms with Crippen LogP contribution in [0.5, 0.6) is 0 Å². The Morgan fingerprint density at radius 1 is 1.14 bits per heavy atom. The third kappa shape index (κ3) is 2.56. The molecule has 1 aromatic rings. The normalized spacial score (nSPS) is 12.6. The highest BCUT2D eigenvalue weighted by molar-refractivity contribution is 5.83. The zero-order chi connectivity index (χ0) is 10.6. The predicted molar refractivity (Wildman–Crippen MR) is 59.9 cm³/mol. The van der Waals surface area contributed by atoms with E-state index in [0.717, 1.165) is 17.4 Å². The van der Waals surface area contributed by atoms with E-state index in [-0.39, 0.29) is 5.41 Å². The molecule has 0 bridgehead atoms. The Kier molecular flexibility index (Phi) is 3.23. The number of hydrogen-bond acceptors (Lipinski definition) is 1. The van der Waals surface area contributed by atoms with Crippen molar-refractivity contribution in [1.29, 1.82) is 0 Å². The van der Waals surface area contributed by atoms with Crippen LogP contribution >= 0.6 is 0 Å². The van der Waals surface area contributed by atoms with Crippen LogP contribution in [0.1, 0.15) is 26.3 Å². The number of allylic oxidation sites excluding steroid dienone is 2. The molecule has 1 aromatic carbocycles. The van der Waals surface area contributed by atoms with Crippen LogP contribution in [0.2, 0.25) is 0 Å². The summed E-state index contributed by atoms with van der Waals surface area (Å²) in [6.45, 7) is 6.32. The Balaban J connectivity index is 3.15. The van der Waals surface area contributed by atoms with Gasteiger partial charge in [-0.05, 0) is 22.6 Å². The van der Waals surface area contributed by atoms with E-state index in [1.54, 1.807) is 6.08 Å². The summed E-state index contributed by atoms with van der Waals surface area (Å²) in [6.07, 6.45) is 2.50. The summed E-state index contributed by atoms with van der Waals surface area (Å²) in [5.41, 5.74) is 2.20. The van der Waals surface area contributed by atoms with Gasteiger partial charge >= 0.3 is 0 Å². The molecule has 0 spiro atoms. The summed E-state index contributed by atoms with van der Waals surface area (Å²) in [4.78, 5) is 10.6. The standard InChI is InChI=1S/C13H16O/c1-13(2,3)12(9-10-14)11-7-5-4-6-8-11/h4-10H,1-3H3. The number of rotatable bonds is 2. The quantitative estimate of drug-likeness (QED) is 0.514. The molecule has 0 heterocycles. The predicted octanol–water partition coefficient (Wildman–Crippen LogP) is 3.32. The monoisotopic (exact) mass is 188 g/mol. The Hall–Kier alpha value is -1.37. The largest absolute Gasteiger partial charge is 0.299 e. The van der Waals surface area contributed by atoms with E-state index < -0.39 is 0 Å². The van der Waals surface area contributed by atoms with Crippen LogP contribution in [0.3, 0.4) is 0 Å². The lowest BCUT2D eigenvalue weighted by Crippen LogP contribution is -2.08. The van der Waals surface area contributed by atoms with Gasteiger partial charge in [-0.3, -0.25) is 4.79 Å². The molecule has 1 rings (SSSR count). The number of hydrogen-bond donors (Lipinski definition) is 0. The molecule has 14 heavy (non-hydrogen) atoms. The van der Waals surface area contributed by atoms with E-state index in [9.17, 15) is 4.79 Å². The summed E-state index contributed by atoms with van der Waals surface area (Å²) < 4.78 is 0. The van der Waals surface area contributed by atoms with E-state index in [0.29, 0.717) is 0 Å². The molecular weight excluding hydrogens is 172 g/mol. The first-order chi connectivity index (χ1) is 6.55. The van der Waals surface area contributed by atoms with Crippen LogP contribution in [0.25, 0.3) is 5.57 Å². The Bertz CT molecular complexity index is 328. The SMILES string of the molecule is CC(C)(C)C(=CC=O)c1ccccc1. The summed E-state index contributed by atoms with van der Waals surface area (Å²) >= 11 is 0. The van der Waals surface area contributed by atoms with Gasteiger partial charge in [-0.25, -0.2) is 0 Å². The Labute approximate surface area is 85.5 Å². The zero-order valence-electron chi connectivity index (χ0n) is 8.95. The second-order valence-electron chi connectivity index (χ2n) is 4.33. The molecule has 1 nitrogen and oxygen atoms in total. The van der Waals surface area contributed by atoms with Gasteiger partial charge in [0.2, 0.25) is 0 Å². The van der Waals surface area contributed by atoms with Crippen molar-refractivity contribution in [3.05, 3.63) is 42.0 Å². The zero-order valence-corrected chi connectivity index (χ0v) is 8.95. The molecule has 0 amide bonds. The van der Waals surface area contributed by atoms with Gasteiger partial charge in [-0.1, -0.05) is 51.1 Å². The van der Waals surface area contributed by atoms with Crippen LogP contribution in [0.4, 0.5) is 0 Å². The van der Waals surface area contributed by atoms with Crippen LogP contribution in [0, 0.1) is 5.41 Å². The molecule has 0 atom stereocenters. The average molecular weight is 188 g/mol. The first kappa shape index (κ1) is 10.7. The second kappa shape index (κ2) is 4.23. The minimum atomic E-state index is 0.00225. The maximum Gasteiger partial charge on any atom is 0.143 e. The van der Waals surface area contributed by atoms with Crippen molar-refractivity contribution in [3.63, 3.8) is 0 Å². The van der Waals surface area contributed by atoms with E-state index in [2.05, 4.69) is 20.8 Å². The molecule has 0 unspecified atom stereocenters. The third-order valence-electron chi connectivity index (χ3n) is 2.13. The lowest BCUT2D eigenvalue weighted by molar-refractivity contribution is -0.104. The van der Waals surface area contributed by atoms with E-state index >= 15 is 0 Å². The number of benzene rings is 1. The molecule has 0 aliphatic heterocycles. The number of carbonyl (C=O) groups is 1. The maximum absolute atomic E-state index is 10.6. The minimum absolute atomic E-state index is 0.00225. The van der Waals surface area contributed by atoms with Crippen molar-refractivity contribution >= 4 is 11.9 Å². The topological polar surface area (TPSA) is 17.1 Å². The van der Waals surface area contributed by atoms with E-state index in [4.69, 9.17) is 0 Å². The Morgan fingerprint density at radius 3 is 2.14 bits per heavy atom. The summed E-state index contributed by atoms with van der Waals surface area (Å²) in [6, 6.07) is 10.0. The first-order valence-electron chi connectivity index (χ1n) is 4.77. The lowest BCUT2D eigenvalue weighted by Gasteiger charge is -2.22. The molecule has 0 saturated heterocycles. The molecule has 74 valence electrons. The third-order valence-corrected chi connectivity index (χ3v) is 2.13. The summed E-state index contributed by atoms with van der Waals surface area (Å²) in [7, 11) is 0. The summed E-state index contributed by atoms with van der Waals surface area (Å²) in [5.74, 6) is 0. The maximum atomic E-state index is 10.6. The highest BCUT2D eigenvalue weighted by atomic mass is 16.1. The molecule has 0 fully saturated rings. The van der Waals surface area contributed by atoms with Crippen LogP contribution in [-0.4, -0.2) is 6.29 Å². The first-order valence-corrected chi connectivity index (χ1v) is 4.77. The van der Waals surface area contributed by atoms with Crippen molar-refractivity contribution in [2.75, 3.05) is 0 Å². The van der Waals surface area contributed by atoms with Crippen LogP contribution in [0.15, 0.2) is 36.4 Å². The van der Waals surface area contributed by atoms with Crippen molar-refractivity contribution in [1.82, 2.24) is 0 Å². The fourth-order valence-corrected chi connectivity index (χ4v) is 1.46. The molecule has 1 heteroatoms. The molecule has 0 saturated carbocycles. The molecule has 0 aliphatic carbocycles. The molecule has 0 radical (unpaired) electrons. The molecular formula is C13H16O. The highest BCUT2D eigenvalue weighted by Crippen LogP contribution is 2.33. The van der Waals surface area contributed by atoms with Gasteiger partial charge in [-0.15, -0.1) is 0 Å². The van der Waals surface area contributed by atoms with Crippen molar-refractivity contribution in [2.45, 2.75) is 20.8 Å². The van der Waals surface area contributed by atoms with Gasteiger partial charge in [-0.2, -0.15) is 0 Å². The van der Waals surface area contributed by atoms with E-state index in [1.165, 1.54) is 0 Å². The van der Waals surface area contributed by atoms with Gasteiger partial charge in [0.1, 0.15) is 6.29 Å². The van der Waals surface area contributed by atoms with Crippen LogP contribution < -0.4 is 0 Å². The lowest BCUT2D eigenvalue weighted by atomic mass is 9.82. The highest BCUT2D eigenvalue weighted by Gasteiger charge is 2.17. The van der Waals surface area contributed by atoms with Crippen molar-refractivity contribution in [2.24, 2.45) is 5.41 Å². The fourth-order valence-electron chi connectivity index (χ4n) is 1.46. The van der Waals surface area contributed by atoms with Crippen LogP contribution in [-0.2, 0) is 4.79 Å². The number of aldehydes is 1. The smallest absolute Gasteiger partial charge is 0.143 e. The fraction of sp³-hybridized carbons (Fsp3) is 0.308. The van der Waals surface area contributed by atoms with Crippen molar-refractivity contribution in [3.8, 4) is 0 Å². The van der Waals surface area contributed by atoms with Gasteiger partial charge in [0, 0.05) is 0 Å². The average Bonchev–Trinajstić information content (AvgIpc) is 2.14. The molecule has 0 aromatic heterocycles. The van der Waals surface area contributed by atoms with Gasteiger partial charge < -0.3 is 0 Å². The minimum Gasteiger partial charge on any atom is -0.299 e. The van der Waals surface area contributed by atoms with Gasteiger partial charge in [0.25, 0.3) is 0 Å². The van der Waals surface area contributed by atoms with Gasteiger partial charge in [0.15, 0.2) is 0 Å². The molecule has 0 N–H and O–H groups in total.